The summed E-state index contributed by atoms with van der Waals surface area (Å²) < 4.78 is 0. The van der Waals surface area contributed by atoms with E-state index in [9.17, 15) is 19.8 Å². The topological polar surface area (TPSA) is 74.6 Å². The largest absolute Gasteiger partial charge is 0.478 e. The molecule has 0 aromatic heterocycles. The van der Waals surface area contributed by atoms with Crippen LogP contribution in [0.4, 0.5) is 0 Å². The number of hydrogen-bond donors (Lipinski definition) is 2. The molecule has 0 radical (unpaired) electrons. The zero-order valence-corrected chi connectivity index (χ0v) is 14.0. The monoisotopic (exact) mass is 326 g/mol. The predicted molar refractivity (Wildman–Crippen MR) is 92.8 cm³/mol. The van der Waals surface area contributed by atoms with Crippen LogP contribution in [0.25, 0.3) is 0 Å². The number of hydrogen-bond acceptors (Lipinski definition) is 2. The lowest BCUT2D eigenvalue weighted by Gasteiger charge is -2.16. The predicted octanol–water partition coefficient (Wildman–Crippen LogP) is 4.26. The molecule has 0 spiro atoms. The fourth-order valence-corrected chi connectivity index (χ4v) is 2.81. The minimum atomic E-state index is -1.20. The average Bonchev–Trinajstić information content (AvgIpc) is 2.53. The summed E-state index contributed by atoms with van der Waals surface area (Å²) in [7, 11) is 0. The van der Waals surface area contributed by atoms with Crippen LogP contribution in [0.1, 0.15) is 57.7 Å². The van der Waals surface area contributed by atoms with Crippen LogP contribution in [-0.4, -0.2) is 22.2 Å². The molecule has 0 aliphatic carbocycles. The van der Waals surface area contributed by atoms with E-state index in [1.807, 2.05) is 30.3 Å². The molecule has 0 unspecified atom stereocenters. The second-order valence-electron chi connectivity index (χ2n) is 6.33. The highest BCUT2D eigenvalue weighted by molar-refractivity contribution is 6.03. The van der Waals surface area contributed by atoms with Crippen molar-refractivity contribution in [2.24, 2.45) is 5.92 Å². The van der Waals surface area contributed by atoms with Crippen molar-refractivity contribution in [1.29, 1.82) is 0 Å². The molecule has 0 saturated carbocycles. The maximum absolute atomic E-state index is 11.7. The zero-order valence-electron chi connectivity index (χ0n) is 14.0. The minimum absolute atomic E-state index is 0.0726. The van der Waals surface area contributed by atoms with E-state index in [0.717, 1.165) is 17.5 Å². The number of carboxylic acid groups (broad SMARTS) is 2. The van der Waals surface area contributed by atoms with Gasteiger partial charge in [-0.25, -0.2) is 9.59 Å². The summed E-state index contributed by atoms with van der Waals surface area (Å²) in [5.41, 5.74) is 2.38. The Balaban J connectivity index is 2.54. The van der Waals surface area contributed by atoms with Gasteiger partial charge in [-0.1, -0.05) is 50.2 Å². The minimum Gasteiger partial charge on any atom is -0.478 e. The van der Waals surface area contributed by atoms with Gasteiger partial charge < -0.3 is 10.2 Å². The van der Waals surface area contributed by atoms with E-state index in [4.69, 9.17) is 0 Å². The normalized spacial score (nSPS) is 10.8. The third-order valence-corrected chi connectivity index (χ3v) is 4.06. The summed E-state index contributed by atoms with van der Waals surface area (Å²) in [5, 5.41) is 18.9. The molecule has 24 heavy (non-hydrogen) atoms. The molecule has 0 aliphatic rings. The lowest BCUT2D eigenvalue weighted by atomic mass is 9.88. The van der Waals surface area contributed by atoms with Gasteiger partial charge in [0.25, 0.3) is 0 Å². The summed E-state index contributed by atoms with van der Waals surface area (Å²) in [4.78, 5) is 23.2. The Labute approximate surface area is 141 Å². The van der Waals surface area contributed by atoms with E-state index in [1.165, 1.54) is 6.07 Å². The Morgan fingerprint density at radius 1 is 0.958 bits per heavy atom. The van der Waals surface area contributed by atoms with Crippen LogP contribution in [0.2, 0.25) is 0 Å². The summed E-state index contributed by atoms with van der Waals surface area (Å²) in [5.74, 6) is -1.98. The first-order valence-electron chi connectivity index (χ1n) is 8.05. The van der Waals surface area contributed by atoms with Crippen LogP contribution in [0.3, 0.4) is 0 Å². The molecule has 2 aromatic carbocycles. The number of carboxylic acids is 2. The first-order valence-corrected chi connectivity index (χ1v) is 8.05. The van der Waals surface area contributed by atoms with Crippen molar-refractivity contribution < 1.29 is 19.8 Å². The van der Waals surface area contributed by atoms with E-state index in [-0.39, 0.29) is 11.1 Å². The van der Waals surface area contributed by atoms with Gasteiger partial charge in [0.1, 0.15) is 0 Å². The highest BCUT2D eigenvalue weighted by Gasteiger charge is 2.22. The number of rotatable bonds is 7. The van der Waals surface area contributed by atoms with Crippen LogP contribution in [0, 0.1) is 5.92 Å². The van der Waals surface area contributed by atoms with Crippen molar-refractivity contribution in [3.8, 4) is 0 Å². The first-order chi connectivity index (χ1) is 11.4. The number of benzene rings is 2. The van der Waals surface area contributed by atoms with Crippen molar-refractivity contribution in [2.45, 2.75) is 33.1 Å². The Morgan fingerprint density at radius 3 is 2.17 bits per heavy atom. The summed E-state index contributed by atoms with van der Waals surface area (Å²) in [6.45, 7) is 4.14. The fourth-order valence-electron chi connectivity index (χ4n) is 2.81. The second kappa shape index (κ2) is 7.77. The standard InChI is InChI=1S/C20H22O4/c1-13(2)8-10-16-15(12-14-6-4-3-5-7-14)9-11-17(19(21)22)18(16)20(23)24/h3-7,9,11,13H,8,10,12H2,1-2H3,(H,21,22)(H,23,24). The highest BCUT2D eigenvalue weighted by atomic mass is 16.4. The van der Waals surface area contributed by atoms with Crippen molar-refractivity contribution in [3.05, 3.63) is 70.3 Å². The molecule has 0 heterocycles. The molecular formula is C20H22O4. The van der Waals surface area contributed by atoms with Crippen molar-refractivity contribution in [3.63, 3.8) is 0 Å². The molecular weight excluding hydrogens is 304 g/mol. The molecule has 126 valence electrons. The van der Waals surface area contributed by atoms with Gasteiger partial charge in [0, 0.05) is 0 Å². The molecule has 2 rings (SSSR count). The number of aromatic carboxylic acids is 2. The highest BCUT2D eigenvalue weighted by Crippen LogP contribution is 2.25. The quantitative estimate of drug-likeness (QED) is 0.797. The van der Waals surface area contributed by atoms with Gasteiger partial charge in [0.05, 0.1) is 11.1 Å². The summed E-state index contributed by atoms with van der Waals surface area (Å²) >= 11 is 0. The van der Waals surface area contributed by atoms with Gasteiger partial charge in [0.15, 0.2) is 0 Å². The Bertz CT molecular complexity index is 733. The van der Waals surface area contributed by atoms with E-state index in [1.54, 1.807) is 6.07 Å². The SMILES string of the molecule is CC(C)CCc1c(Cc2ccccc2)ccc(C(=O)O)c1C(=O)O. The lowest BCUT2D eigenvalue weighted by molar-refractivity contribution is 0.0650. The molecule has 0 fully saturated rings. The fraction of sp³-hybridized carbons (Fsp3) is 0.300. The maximum atomic E-state index is 11.7. The molecule has 2 N–H and O–H groups in total. The van der Waals surface area contributed by atoms with Crippen molar-refractivity contribution in [2.75, 3.05) is 0 Å². The average molecular weight is 326 g/mol. The van der Waals surface area contributed by atoms with Gasteiger partial charge in [0.2, 0.25) is 0 Å². The lowest BCUT2D eigenvalue weighted by Crippen LogP contribution is -2.14. The Morgan fingerprint density at radius 2 is 1.62 bits per heavy atom. The molecule has 2 aromatic rings. The maximum Gasteiger partial charge on any atom is 0.336 e. The van der Waals surface area contributed by atoms with Crippen LogP contribution >= 0.6 is 0 Å². The van der Waals surface area contributed by atoms with Gasteiger partial charge in [-0.2, -0.15) is 0 Å². The smallest absolute Gasteiger partial charge is 0.336 e. The van der Waals surface area contributed by atoms with Crippen molar-refractivity contribution >= 4 is 11.9 Å². The van der Waals surface area contributed by atoms with Crippen LogP contribution in [0.5, 0.6) is 0 Å². The Kier molecular flexibility index (Phi) is 5.74. The molecule has 0 saturated heterocycles. The van der Waals surface area contributed by atoms with E-state index in [0.29, 0.717) is 24.3 Å². The molecule has 4 nitrogen and oxygen atoms in total. The molecule has 0 aliphatic heterocycles. The van der Waals surface area contributed by atoms with Crippen molar-refractivity contribution in [1.82, 2.24) is 0 Å². The van der Waals surface area contributed by atoms with Gasteiger partial charge in [-0.05, 0) is 47.9 Å². The first kappa shape index (κ1) is 17.7. The summed E-state index contributed by atoms with van der Waals surface area (Å²) in [6.07, 6.45) is 1.96. The molecule has 0 amide bonds. The second-order valence-corrected chi connectivity index (χ2v) is 6.33. The van der Waals surface area contributed by atoms with E-state index < -0.39 is 11.9 Å². The van der Waals surface area contributed by atoms with E-state index in [2.05, 4.69) is 13.8 Å². The number of carbonyl (C=O) groups is 2. The van der Waals surface area contributed by atoms with Crippen LogP contribution < -0.4 is 0 Å². The zero-order chi connectivity index (χ0) is 17.7. The third-order valence-electron chi connectivity index (χ3n) is 4.06. The molecule has 0 atom stereocenters. The third kappa shape index (κ3) is 4.22. The Hall–Kier alpha value is -2.62. The van der Waals surface area contributed by atoms with Crippen LogP contribution in [0.15, 0.2) is 42.5 Å². The van der Waals surface area contributed by atoms with Gasteiger partial charge in [-0.3, -0.25) is 0 Å². The van der Waals surface area contributed by atoms with Gasteiger partial charge in [-0.15, -0.1) is 0 Å². The van der Waals surface area contributed by atoms with Crippen LogP contribution in [-0.2, 0) is 12.8 Å². The summed E-state index contributed by atoms with van der Waals surface area (Å²) in [6, 6.07) is 12.9. The van der Waals surface area contributed by atoms with E-state index >= 15 is 0 Å². The van der Waals surface area contributed by atoms with Gasteiger partial charge >= 0.3 is 11.9 Å². The molecule has 0 bridgehead atoms. The molecule has 4 heteroatoms.